The standard InChI is InChI=1S/C19H16F3N3O3/c20-19(21,22)14-6-8-15(9-7-14)24-11-12-25(18(24)27)16-4-2-1-3-13(16)5-10-17(26)23-28/h1-10,28H,11-12H2,(H,23,26)/b10-5+. The van der Waals surface area contributed by atoms with Crippen LogP contribution < -0.4 is 15.3 Å². The van der Waals surface area contributed by atoms with Crippen molar-refractivity contribution in [3.63, 3.8) is 0 Å². The smallest absolute Gasteiger partial charge is 0.292 e. The normalized spacial score (nSPS) is 14.8. The first kappa shape index (κ1) is 19.4. The number of halogens is 3. The van der Waals surface area contributed by atoms with Crippen molar-refractivity contribution in [2.75, 3.05) is 22.9 Å². The van der Waals surface area contributed by atoms with E-state index in [0.717, 1.165) is 18.2 Å². The van der Waals surface area contributed by atoms with E-state index in [1.165, 1.54) is 33.5 Å². The van der Waals surface area contributed by atoms with Gasteiger partial charge >= 0.3 is 12.2 Å². The highest BCUT2D eigenvalue weighted by atomic mass is 19.4. The van der Waals surface area contributed by atoms with E-state index in [1.807, 2.05) is 0 Å². The van der Waals surface area contributed by atoms with Gasteiger partial charge in [0, 0.05) is 24.9 Å². The van der Waals surface area contributed by atoms with E-state index >= 15 is 0 Å². The van der Waals surface area contributed by atoms with E-state index in [1.54, 1.807) is 24.3 Å². The molecule has 2 aromatic rings. The maximum absolute atomic E-state index is 12.8. The monoisotopic (exact) mass is 391 g/mol. The molecule has 1 heterocycles. The van der Waals surface area contributed by atoms with Gasteiger partial charge in [0.1, 0.15) is 0 Å². The fraction of sp³-hybridized carbons (Fsp3) is 0.158. The highest BCUT2D eigenvalue weighted by Gasteiger charge is 2.33. The Morgan fingerprint density at radius 1 is 1.04 bits per heavy atom. The molecule has 9 heteroatoms. The van der Waals surface area contributed by atoms with E-state index in [4.69, 9.17) is 5.21 Å². The van der Waals surface area contributed by atoms with Crippen molar-refractivity contribution in [3.8, 4) is 0 Å². The number of para-hydroxylation sites is 1. The van der Waals surface area contributed by atoms with E-state index in [9.17, 15) is 22.8 Å². The number of hydroxylamine groups is 1. The number of anilines is 2. The molecule has 2 N–H and O–H groups in total. The number of nitrogens with zero attached hydrogens (tertiary/aromatic N) is 2. The minimum atomic E-state index is -4.44. The van der Waals surface area contributed by atoms with Gasteiger partial charge in [-0.05, 0) is 42.0 Å². The lowest BCUT2D eigenvalue weighted by Gasteiger charge is -2.20. The number of nitrogens with one attached hydrogen (secondary N) is 1. The second kappa shape index (κ2) is 7.73. The van der Waals surface area contributed by atoms with Gasteiger partial charge < -0.3 is 0 Å². The molecule has 1 aliphatic heterocycles. The van der Waals surface area contributed by atoms with Gasteiger partial charge in [-0.1, -0.05) is 18.2 Å². The number of alkyl halides is 3. The van der Waals surface area contributed by atoms with Gasteiger partial charge in [0.25, 0.3) is 5.91 Å². The third kappa shape index (κ3) is 3.99. The van der Waals surface area contributed by atoms with Crippen molar-refractivity contribution in [2.24, 2.45) is 0 Å². The second-order valence-corrected chi connectivity index (χ2v) is 6.00. The van der Waals surface area contributed by atoms with Crippen LogP contribution in [-0.4, -0.2) is 30.2 Å². The highest BCUT2D eigenvalue weighted by Crippen LogP contribution is 2.32. The van der Waals surface area contributed by atoms with E-state index in [0.29, 0.717) is 30.0 Å². The molecule has 3 amide bonds. The molecule has 1 saturated heterocycles. The summed E-state index contributed by atoms with van der Waals surface area (Å²) in [4.78, 5) is 26.9. The van der Waals surface area contributed by atoms with Gasteiger partial charge in [0.15, 0.2) is 0 Å². The minimum absolute atomic E-state index is 0.305. The summed E-state index contributed by atoms with van der Waals surface area (Å²) < 4.78 is 38.2. The van der Waals surface area contributed by atoms with Gasteiger partial charge in [-0.15, -0.1) is 0 Å². The van der Waals surface area contributed by atoms with Gasteiger partial charge in [-0.3, -0.25) is 19.8 Å². The van der Waals surface area contributed by atoms with Gasteiger partial charge in [0.2, 0.25) is 0 Å². The van der Waals surface area contributed by atoms with Crippen LogP contribution in [0.5, 0.6) is 0 Å². The fourth-order valence-corrected chi connectivity index (χ4v) is 2.91. The van der Waals surface area contributed by atoms with Gasteiger partial charge in [-0.25, -0.2) is 10.3 Å². The number of rotatable bonds is 4. The van der Waals surface area contributed by atoms with Crippen LogP contribution in [0.3, 0.4) is 0 Å². The molecule has 0 saturated carbocycles. The van der Waals surface area contributed by atoms with Crippen molar-refractivity contribution in [2.45, 2.75) is 6.18 Å². The summed E-state index contributed by atoms with van der Waals surface area (Å²) in [5.41, 5.74) is 2.19. The van der Waals surface area contributed by atoms with Crippen LogP contribution in [0, 0.1) is 0 Å². The van der Waals surface area contributed by atoms with Crippen LogP contribution >= 0.6 is 0 Å². The number of urea groups is 1. The molecule has 28 heavy (non-hydrogen) atoms. The Hall–Kier alpha value is -3.33. The van der Waals surface area contributed by atoms with Crippen LogP contribution in [0.4, 0.5) is 29.3 Å². The molecule has 1 aliphatic rings. The lowest BCUT2D eigenvalue weighted by atomic mass is 10.1. The van der Waals surface area contributed by atoms with Crippen molar-refractivity contribution >= 4 is 29.4 Å². The summed E-state index contributed by atoms with van der Waals surface area (Å²) in [6.45, 7) is 0.635. The molecule has 2 aromatic carbocycles. The molecule has 0 spiro atoms. The summed E-state index contributed by atoms with van der Waals surface area (Å²) >= 11 is 0. The number of benzene rings is 2. The van der Waals surface area contributed by atoms with Crippen LogP contribution in [0.15, 0.2) is 54.6 Å². The molecule has 146 valence electrons. The first-order chi connectivity index (χ1) is 13.3. The lowest BCUT2D eigenvalue weighted by molar-refractivity contribution is -0.137. The van der Waals surface area contributed by atoms with Gasteiger partial charge in [-0.2, -0.15) is 13.2 Å². The van der Waals surface area contributed by atoms with Crippen LogP contribution in [-0.2, 0) is 11.0 Å². The van der Waals surface area contributed by atoms with E-state index in [2.05, 4.69) is 0 Å². The highest BCUT2D eigenvalue weighted by molar-refractivity contribution is 6.07. The molecule has 0 unspecified atom stereocenters. The summed E-state index contributed by atoms with van der Waals surface area (Å²) in [5, 5.41) is 8.57. The molecule has 0 aromatic heterocycles. The van der Waals surface area contributed by atoms with Crippen molar-refractivity contribution in [1.29, 1.82) is 0 Å². The average Bonchev–Trinajstić information content (AvgIpc) is 3.07. The van der Waals surface area contributed by atoms with E-state index in [-0.39, 0.29) is 6.03 Å². The summed E-state index contributed by atoms with van der Waals surface area (Å²) in [5.74, 6) is -0.714. The van der Waals surface area contributed by atoms with Crippen molar-refractivity contribution in [3.05, 3.63) is 65.7 Å². The quantitative estimate of drug-likeness (QED) is 0.475. The molecule has 1 fully saturated rings. The van der Waals surface area contributed by atoms with Crippen LogP contribution in [0.2, 0.25) is 0 Å². The first-order valence-electron chi connectivity index (χ1n) is 8.29. The summed E-state index contributed by atoms with van der Waals surface area (Å²) in [7, 11) is 0. The zero-order valence-corrected chi connectivity index (χ0v) is 14.5. The van der Waals surface area contributed by atoms with Crippen molar-refractivity contribution < 1.29 is 28.0 Å². The van der Waals surface area contributed by atoms with Crippen molar-refractivity contribution in [1.82, 2.24) is 5.48 Å². The second-order valence-electron chi connectivity index (χ2n) is 6.00. The molecule has 0 aliphatic carbocycles. The number of carbonyl (C=O) groups is 2. The largest absolute Gasteiger partial charge is 0.416 e. The number of hydrogen-bond donors (Lipinski definition) is 2. The summed E-state index contributed by atoms with van der Waals surface area (Å²) in [6.07, 6.45) is -1.87. The number of hydrogen-bond acceptors (Lipinski definition) is 3. The molecule has 3 rings (SSSR count). The third-order valence-electron chi connectivity index (χ3n) is 4.27. The Labute approximate surface area is 158 Å². The summed E-state index contributed by atoms with van der Waals surface area (Å²) in [6, 6.07) is 10.9. The lowest BCUT2D eigenvalue weighted by Crippen LogP contribution is -2.32. The topological polar surface area (TPSA) is 72.9 Å². The van der Waals surface area contributed by atoms with E-state index < -0.39 is 17.6 Å². The Morgan fingerprint density at radius 2 is 1.68 bits per heavy atom. The Morgan fingerprint density at radius 3 is 2.32 bits per heavy atom. The maximum Gasteiger partial charge on any atom is 0.416 e. The van der Waals surface area contributed by atoms with Gasteiger partial charge in [0.05, 0.1) is 11.3 Å². The zero-order chi connectivity index (χ0) is 20.3. The SMILES string of the molecule is O=C(/C=C/c1ccccc1N1CCN(c2ccc(C(F)(F)F)cc2)C1=O)NO. The van der Waals surface area contributed by atoms with Crippen LogP contribution in [0.25, 0.3) is 6.08 Å². The Balaban J connectivity index is 1.83. The zero-order valence-electron chi connectivity index (χ0n) is 14.5. The Kier molecular flexibility index (Phi) is 5.36. The number of amides is 3. The number of carbonyl (C=O) groups excluding carboxylic acids is 2. The Bertz CT molecular complexity index is 911. The predicted molar refractivity (Wildman–Crippen MR) is 96.9 cm³/mol. The van der Waals surface area contributed by atoms with Crippen LogP contribution in [0.1, 0.15) is 11.1 Å². The minimum Gasteiger partial charge on any atom is -0.292 e. The molecular formula is C19H16F3N3O3. The molecule has 0 bridgehead atoms. The molecule has 0 radical (unpaired) electrons. The third-order valence-corrected chi connectivity index (χ3v) is 4.27. The molecule has 6 nitrogen and oxygen atoms in total. The maximum atomic E-state index is 12.8. The predicted octanol–water partition coefficient (Wildman–Crippen LogP) is 3.67. The first-order valence-corrected chi connectivity index (χ1v) is 8.29. The molecular weight excluding hydrogens is 375 g/mol. The average molecular weight is 391 g/mol. The fourth-order valence-electron chi connectivity index (χ4n) is 2.91. The molecule has 0 atom stereocenters.